The summed E-state index contributed by atoms with van der Waals surface area (Å²) in [5.74, 6) is 0.612. The van der Waals surface area contributed by atoms with Crippen molar-refractivity contribution in [2.75, 3.05) is 33.7 Å². The second-order valence-electron chi connectivity index (χ2n) is 7.09. The van der Waals surface area contributed by atoms with Crippen LogP contribution in [0.1, 0.15) is 37.0 Å². The summed E-state index contributed by atoms with van der Waals surface area (Å²) in [6.45, 7) is 7.16. The third kappa shape index (κ3) is 5.03. The Bertz CT molecular complexity index is 678. The SMILES string of the molecule is CC1CCN(C(C)CNC(=O)c2ccc(S(=O)(=O)N(C)C)cc2)CC1. The smallest absolute Gasteiger partial charge is 0.251 e. The van der Waals surface area contributed by atoms with Crippen LogP contribution in [0.25, 0.3) is 0 Å². The Labute approximate surface area is 151 Å². The van der Waals surface area contributed by atoms with E-state index in [4.69, 9.17) is 0 Å². The van der Waals surface area contributed by atoms with Gasteiger partial charge in [-0.25, -0.2) is 12.7 Å². The zero-order valence-electron chi connectivity index (χ0n) is 15.5. The molecule has 2 rings (SSSR count). The van der Waals surface area contributed by atoms with E-state index in [-0.39, 0.29) is 10.8 Å². The fourth-order valence-corrected chi connectivity index (χ4v) is 3.83. The number of hydrogen-bond acceptors (Lipinski definition) is 4. The van der Waals surface area contributed by atoms with Gasteiger partial charge in [0, 0.05) is 32.2 Å². The molecule has 25 heavy (non-hydrogen) atoms. The monoisotopic (exact) mass is 367 g/mol. The number of hydrogen-bond donors (Lipinski definition) is 1. The molecule has 1 saturated heterocycles. The molecule has 0 bridgehead atoms. The van der Waals surface area contributed by atoms with Crippen LogP contribution in [0.2, 0.25) is 0 Å². The minimum atomic E-state index is -3.47. The topological polar surface area (TPSA) is 69.7 Å². The van der Waals surface area contributed by atoms with Crippen molar-refractivity contribution in [2.24, 2.45) is 5.92 Å². The van der Waals surface area contributed by atoms with Crippen molar-refractivity contribution in [2.45, 2.75) is 37.6 Å². The molecule has 1 aliphatic rings. The molecule has 1 N–H and O–H groups in total. The second-order valence-corrected chi connectivity index (χ2v) is 9.24. The quantitative estimate of drug-likeness (QED) is 0.832. The van der Waals surface area contributed by atoms with Crippen molar-refractivity contribution >= 4 is 15.9 Å². The molecule has 0 saturated carbocycles. The van der Waals surface area contributed by atoms with Crippen LogP contribution in [0.15, 0.2) is 29.2 Å². The molecule has 0 aliphatic carbocycles. The summed E-state index contributed by atoms with van der Waals surface area (Å²) in [5.41, 5.74) is 0.470. The lowest BCUT2D eigenvalue weighted by molar-refractivity contribution is 0.0921. The Balaban J connectivity index is 1.91. The number of nitrogens with zero attached hydrogens (tertiary/aromatic N) is 2. The first-order valence-electron chi connectivity index (χ1n) is 8.76. The molecule has 1 aliphatic heterocycles. The number of rotatable bonds is 6. The molecule has 0 aromatic heterocycles. The van der Waals surface area contributed by atoms with Crippen molar-refractivity contribution in [1.82, 2.24) is 14.5 Å². The fraction of sp³-hybridized carbons (Fsp3) is 0.611. The molecule has 1 aromatic rings. The minimum absolute atomic E-state index is 0.175. The Morgan fingerprint density at radius 3 is 2.32 bits per heavy atom. The number of sulfonamides is 1. The van der Waals surface area contributed by atoms with Crippen LogP contribution in [0, 0.1) is 5.92 Å². The van der Waals surface area contributed by atoms with Gasteiger partial charge in [0.2, 0.25) is 10.0 Å². The average Bonchev–Trinajstić information content (AvgIpc) is 2.60. The summed E-state index contributed by atoms with van der Waals surface area (Å²) < 4.78 is 25.2. The van der Waals surface area contributed by atoms with E-state index in [1.54, 1.807) is 12.1 Å². The van der Waals surface area contributed by atoms with Crippen LogP contribution in [-0.2, 0) is 10.0 Å². The van der Waals surface area contributed by atoms with Crippen molar-refractivity contribution in [3.63, 3.8) is 0 Å². The standard InChI is InChI=1S/C18H29N3O3S/c1-14-9-11-21(12-10-14)15(2)13-19-18(22)16-5-7-17(8-6-16)25(23,24)20(3)4/h5-8,14-15H,9-13H2,1-4H3,(H,19,22). The molecule has 0 radical (unpaired) electrons. The molecule has 1 heterocycles. The van der Waals surface area contributed by atoms with Crippen LogP contribution in [0.4, 0.5) is 0 Å². The van der Waals surface area contributed by atoms with Crippen LogP contribution in [-0.4, -0.2) is 63.3 Å². The first-order chi connectivity index (χ1) is 11.7. The van der Waals surface area contributed by atoms with E-state index in [2.05, 4.69) is 24.1 Å². The maximum absolute atomic E-state index is 12.3. The molecule has 1 amide bonds. The normalized spacial score (nSPS) is 18.3. The summed E-state index contributed by atoms with van der Waals surface area (Å²) in [6.07, 6.45) is 2.42. The predicted octanol–water partition coefficient (Wildman–Crippen LogP) is 1.79. The van der Waals surface area contributed by atoms with E-state index in [1.165, 1.54) is 39.1 Å². The Kier molecular flexibility index (Phi) is 6.59. The van der Waals surface area contributed by atoms with Gasteiger partial charge in [-0.2, -0.15) is 0 Å². The summed E-state index contributed by atoms with van der Waals surface area (Å²) in [4.78, 5) is 14.9. The van der Waals surface area contributed by atoms with Crippen LogP contribution >= 0.6 is 0 Å². The molecule has 1 fully saturated rings. The van der Waals surface area contributed by atoms with Gasteiger partial charge in [0.15, 0.2) is 0 Å². The Hall–Kier alpha value is -1.44. The van der Waals surface area contributed by atoms with Gasteiger partial charge in [-0.15, -0.1) is 0 Å². The molecule has 1 atom stereocenters. The van der Waals surface area contributed by atoms with Crippen molar-refractivity contribution in [3.05, 3.63) is 29.8 Å². The summed E-state index contributed by atoms with van der Waals surface area (Å²) >= 11 is 0. The highest BCUT2D eigenvalue weighted by Gasteiger charge is 2.21. The zero-order chi connectivity index (χ0) is 18.6. The number of piperidine rings is 1. The second kappa shape index (κ2) is 8.29. The largest absolute Gasteiger partial charge is 0.350 e. The maximum atomic E-state index is 12.3. The first-order valence-corrected chi connectivity index (χ1v) is 10.2. The molecular weight excluding hydrogens is 338 g/mol. The number of carbonyl (C=O) groups excluding carboxylic acids is 1. The van der Waals surface area contributed by atoms with Gasteiger partial charge in [-0.3, -0.25) is 9.69 Å². The van der Waals surface area contributed by atoms with Gasteiger partial charge >= 0.3 is 0 Å². The highest BCUT2D eigenvalue weighted by molar-refractivity contribution is 7.89. The molecule has 7 heteroatoms. The Morgan fingerprint density at radius 1 is 1.24 bits per heavy atom. The third-order valence-electron chi connectivity index (χ3n) is 4.89. The summed E-state index contributed by atoms with van der Waals surface area (Å²) in [6, 6.07) is 6.35. The van der Waals surface area contributed by atoms with Crippen molar-refractivity contribution < 1.29 is 13.2 Å². The van der Waals surface area contributed by atoms with Crippen LogP contribution in [0.3, 0.4) is 0 Å². The number of benzene rings is 1. The van der Waals surface area contributed by atoms with E-state index in [1.807, 2.05) is 0 Å². The maximum Gasteiger partial charge on any atom is 0.251 e. The van der Waals surface area contributed by atoms with Gasteiger partial charge in [0.05, 0.1) is 4.90 Å². The average molecular weight is 368 g/mol. The molecule has 1 aromatic carbocycles. The number of likely N-dealkylation sites (tertiary alicyclic amines) is 1. The molecule has 6 nitrogen and oxygen atoms in total. The first kappa shape index (κ1) is 19.9. The van der Waals surface area contributed by atoms with Gasteiger partial charge in [-0.1, -0.05) is 6.92 Å². The lowest BCUT2D eigenvalue weighted by atomic mass is 9.98. The predicted molar refractivity (Wildman–Crippen MR) is 99.1 cm³/mol. The van der Waals surface area contributed by atoms with E-state index < -0.39 is 10.0 Å². The van der Waals surface area contributed by atoms with Crippen LogP contribution < -0.4 is 5.32 Å². The van der Waals surface area contributed by atoms with Crippen molar-refractivity contribution in [1.29, 1.82) is 0 Å². The zero-order valence-corrected chi connectivity index (χ0v) is 16.3. The molecule has 0 spiro atoms. The van der Waals surface area contributed by atoms with Gasteiger partial charge < -0.3 is 5.32 Å². The van der Waals surface area contributed by atoms with Gasteiger partial charge in [-0.05, 0) is 63.0 Å². The lowest BCUT2D eigenvalue weighted by Crippen LogP contribution is -2.45. The van der Waals surface area contributed by atoms with E-state index in [0.717, 1.165) is 23.3 Å². The van der Waals surface area contributed by atoms with Crippen molar-refractivity contribution in [3.8, 4) is 0 Å². The number of carbonyl (C=O) groups is 1. The summed E-state index contributed by atoms with van der Waals surface area (Å²) in [5, 5.41) is 2.95. The van der Waals surface area contributed by atoms with Crippen LogP contribution in [0.5, 0.6) is 0 Å². The lowest BCUT2D eigenvalue weighted by Gasteiger charge is -2.35. The van der Waals surface area contributed by atoms with E-state index in [0.29, 0.717) is 18.2 Å². The third-order valence-corrected chi connectivity index (χ3v) is 6.72. The molecule has 1 unspecified atom stereocenters. The minimum Gasteiger partial charge on any atom is -0.350 e. The molecular formula is C18H29N3O3S. The fourth-order valence-electron chi connectivity index (χ4n) is 2.93. The van der Waals surface area contributed by atoms with E-state index >= 15 is 0 Å². The Morgan fingerprint density at radius 2 is 1.80 bits per heavy atom. The van der Waals surface area contributed by atoms with Gasteiger partial charge in [0.25, 0.3) is 5.91 Å². The van der Waals surface area contributed by atoms with E-state index in [9.17, 15) is 13.2 Å². The number of nitrogens with one attached hydrogen (secondary N) is 1. The van der Waals surface area contributed by atoms with Gasteiger partial charge in [0.1, 0.15) is 0 Å². The summed E-state index contributed by atoms with van der Waals surface area (Å²) in [7, 11) is -0.500. The highest BCUT2D eigenvalue weighted by atomic mass is 32.2. The highest BCUT2D eigenvalue weighted by Crippen LogP contribution is 2.18. The molecule has 140 valence electrons. The number of amides is 1.